The van der Waals surface area contributed by atoms with E-state index in [2.05, 4.69) is 36.5 Å². The van der Waals surface area contributed by atoms with Gasteiger partial charge in [-0.1, -0.05) is 28.1 Å². The van der Waals surface area contributed by atoms with Crippen molar-refractivity contribution in [3.8, 4) is 0 Å². The van der Waals surface area contributed by atoms with Crippen molar-refractivity contribution in [3.63, 3.8) is 0 Å². The molecule has 8 nitrogen and oxygen atoms in total. The summed E-state index contributed by atoms with van der Waals surface area (Å²) in [5.74, 6) is 0.159. The number of aromatic nitrogens is 2. The first-order valence-corrected chi connectivity index (χ1v) is 11.7. The van der Waals surface area contributed by atoms with Gasteiger partial charge in [-0.25, -0.2) is 9.97 Å². The highest BCUT2D eigenvalue weighted by atomic mass is 79.9. The van der Waals surface area contributed by atoms with Gasteiger partial charge in [0.25, 0.3) is 0 Å². The van der Waals surface area contributed by atoms with Crippen LogP contribution in [0.2, 0.25) is 0 Å². The van der Waals surface area contributed by atoms with Gasteiger partial charge in [0.05, 0.1) is 18.7 Å². The first-order valence-electron chi connectivity index (χ1n) is 10.9. The first kappa shape index (κ1) is 25.5. The van der Waals surface area contributed by atoms with E-state index in [1.54, 1.807) is 0 Å². The van der Waals surface area contributed by atoms with Crippen molar-refractivity contribution in [2.24, 2.45) is 0 Å². The normalized spacial score (nSPS) is 11.3. The molecule has 1 aromatic heterocycles. The number of fused-ring (bicyclic) bond motifs is 1. The monoisotopic (exact) mass is 525 g/mol. The molecule has 2 N–H and O–H groups in total. The van der Waals surface area contributed by atoms with Crippen LogP contribution in [0.1, 0.15) is 5.56 Å². The fourth-order valence-electron chi connectivity index (χ4n) is 3.10. The summed E-state index contributed by atoms with van der Waals surface area (Å²) < 4.78 is 6.38. The van der Waals surface area contributed by atoms with Crippen LogP contribution in [0.3, 0.4) is 0 Å². The standard InChI is InChI=1S/C25H28BrN5O3/c1-31(2)11-13-34-12-10-27-24(33)9-7-21(32)14-18-6-8-23-22(15-18)25(29-17-28-23)30-20-5-3-4-19(26)16-20/h3-9,15-17H,10-14H2,1-2H3,(H,27,33)(H,28,29,30)/b9-7+. The number of anilines is 2. The van der Waals surface area contributed by atoms with Crippen molar-refractivity contribution in [2.75, 3.05) is 45.7 Å². The van der Waals surface area contributed by atoms with Gasteiger partial charge < -0.3 is 20.3 Å². The summed E-state index contributed by atoms with van der Waals surface area (Å²) in [6.07, 6.45) is 4.22. The number of ketones is 1. The Hall–Kier alpha value is -3.14. The Kier molecular flexibility index (Phi) is 9.69. The van der Waals surface area contributed by atoms with Crippen LogP contribution in [0.25, 0.3) is 10.9 Å². The number of carbonyl (C=O) groups is 2. The second kappa shape index (κ2) is 12.9. The van der Waals surface area contributed by atoms with E-state index in [4.69, 9.17) is 4.74 Å². The van der Waals surface area contributed by atoms with E-state index in [0.29, 0.717) is 25.6 Å². The minimum absolute atomic E-state index is 0.165. The van der Waals surface area contributed by atoms with Gasteiger partial charge in [-0.05, 0) is 56.1 Å². The Balaban J connectivity index is 1.56. The van der Waals surface area contributed by atoms with Crippen molar-refractivity contribution in [1.82, 2.24) is 20.2 Å². The molecule has 0 aliphatic rings. The van der Waals surface area contributed by atoms with Gasteiger partial charge in [0, 0.05) is 41.1 Å². The molecule has 3 aromatic rings. The zero-order chi connectivity index (χ0) is 24.3. The van der Waals surface area contributed by atoms with E-state index in [9.17, 15) is 9.59 Å². The number of hydrogen-bond donors (Lipinski definition) is 2. The Morgan fingerprint density at radius 3 is 2.74 bits per heavy atom. The Labute approximate surface area is 207 Å². The minimum atomic E-state index is -0.322. The number of halogens is 1. The number of hydrogen-bond acceptors (Lipinski definition) is 7. The quantitative estimate of drug-likeness (QED) is 0.276. The maximum Gasteiger partial charge on any atom is 0.244 e. The Bertz CT molecular complexity index is 1170. The number of carbonyl (C=O) groups excluding carboxylic acids is 2. The molecule has 0 atom stereocenters. The van der Waals surface area contributed by atoms with Crippen LogP contribution in [-0.4, -0.2) is 67.0 Å². The molecule has 0 fully saturated rings. The van der Waals surface area contributed by atoms with Crippen LogP contribution >= 0.6 is 15.9 Å². The fourth-order valence-corrected chi connectivity index (χ4v) is 3.50. The second-order valence-corrected chi connectivity index (χ2v) is 8.81. The third kappa shape index (κ3) is 8.33. The van der Waals surface area contributed by atoms with Crippen molar-refractivity contribution >= 4 is 50.0 Å². The summed E-state index contributed by atoms with van der Waals surface area (Å²) in [6, 6.07) is 13.4. The number of likely N-dealkylation sites (N-methyl/N-ethyl adjacent to an activating group) is 1. The first-order chi connectivity index (χ1) is 16.4. The van der Waals surface area contributed by atoms with E-state index in [1.165, 1.54) is 18.5 Å². The van der Waals surface area contributed by atoms with E-state index in [1.807, 2.05) is 61.5 Å². The number of nitrogens with zero attached hydrogens (tertiary/aromatic N) is 3. The molecule has 0 bridgehead atoms. The minimum Gasteiger partial charge on any atom is -0.378 e. The van der Waals surface area contributed by atoms with Crippen LogP contribution in [0.5, 0.6) is 0 Å². The van der Waals surface area contributed by atoms with Crippen molar-refractivity contribution in [2.45, 2.75) is 6.42 Å². The molecule has 0 unspecified atom stereocenters. The molecule has 0 radical (unpaired) electrons. The zero-order valence-electron chi connectivity index (χ0n) is 19.3. The van der Waals surface area contributed by atoms with Gasteiger partial charge in [0.15, 0.2) is 5.78 Å². The second-order valence-electron chi connectivity index (χ2n) is 7.89. The van der Waals surface area contributed by atoms with Crippen LogP contribution in [-0.2, 0) is 20.7 Å². The predicted octanol–water partition coefficient (Wildman–Crippen LogP) is 3.50. The van der Waals surface area contributed by atoms with E-state index < -0.39 is 0 Å². The summed E-state index contributed by atoms with van der Waals surface area (Å²) in [4.78, 5) is 35.0. The maximum atomic E-state index is 12.4. The average molecular weight is 526 g/mol. The lowest BCUT2D eigenvalue weighted by Gasteiger charge is -2.10. The molecule has 0 saturated heterocycles. The molecular weight excluding hydrogens is 498 g/mol. The van der Waals surface area contributed by atoms with Gasteiger partial charge in [-0.3, -0.25) is 9.59 Å². The molecule has 3 rings (SSSR count). The van der Waals surface area contributed by atoms with Crippen molar-refractivity contribution < 1.29 is 14.3 Å². The zero-order valence-corrected chi connectivity index (χ0v) is 20.8. The summed E-state index contributed by atoms with van der Waals surface area (Å²) in [5, 5.41) is 6.81. The van der Waals surface area contributed by atoms with E-state index >= 15 is 0 Å². The largest absolute Gasteiger partial charge is 0.378 e. The third-order valence-electron chi connectivity index (χ3n) is 4.81. The summed E-state index contributed by atoms with van der Waals surface area (Å²) in [5.41, 5.74) is 2.46. The molecule has 178 valence electrons. The summed E-state index contributed by atoms with van der Waals surface area (Å²) in [7, 11) is 3.94. The van der Waals surface area contributed by atoms with Crippen LogP contribution < -0.4 is 10.6 Å². The number of allylic oxidation sites excluding steroid dienone is 1. The molecular formula is C25H28BrN5O3. The van der Waals surface area contributed by atoms with Crippen LogP contribution in [0.4, 0.5) is 11.5 Å². The molecule has 0 aliphatic heterocycles. The van der Waals surface area contributed by atoms with Gasteiger partial charge in [-0.15, -0.1) is 0 Å². The van der Waals surface area contributed by atoms with Crippen LogP contribution in [0, 0.1) is 0 Å². The average Bonchev–Trinajstić information content (AvgIpc) is 2.80. The number of amides is 1. The number of nitrogens with one attached hydrogen (secondary N) is 2. The predicted molar refractivity (Wildman–Crippen MR) is 137 cm³/mol. The Morgan fingerprint density at radius 1 is 1.09 bits per heavy atom. The van der Waals surface area contributed by atoms with Gasteiger partial charge in [0.2, 0.25) is 5.91 Å². The highest BCUT2D eigenvalue weighted by Crippen LogP contribution is 2.25. The fraction of sp³-hybridized carbons (Fsp3) is 0.280. The molecule has 0 spiro atoms. The van der Waals surface area contributed by atoms with Gasteiger partial charge in [0.1, 0.15) is 12.1 Å². The highest BCUT2D eigenvalue weighted by Gasteiger charge is 2.08. The van der Waals surface area contributed by atoms with Crippen LogP contribution in [0.15, 0.2) is 65.4 Å². The number of benzene rings is 2. The van der Waals surface area contributed by atoms with Crippen molar-refractivity contribution in [3.05, 3.63) is 71.0 Å². The third-order valence-corrected chi connectivity index (χ3v) is 5.31. The van der Waals surface area contributed by atoms with E-state index in [0.717, 1.165) is 33.2 Å². The highest BCUT2D eigenvalue weighted by molar-refractivity contribution is 9.10. The summed E-state index contributed by atoms with van der Waals surface area (Å²) in [6.45, 7) is 2.25. The molecule has 1 heterocycles. The van der Waals surface area contributed by atoms with E-state index in [-0.39, 0.29) is 18.1 Å². The molecule has 0 saturated carbocycles. The maximum absolute atomic E-state index is 12.4. The summed E-state index contributed by atoms with van der Waals surface area (Å²) >= 11 is 3.46. The lowest BCUT2D eigenvalue weighted by atomic mass is 10.1. The number of ether oxygens (including phenoxy) is 1. The molecule has 0 aliphatic carbocycles. The topological polar surface area (TPSA) is 96.5 Å². The van der Waals surface area contributed by atoms with Crippen molar-refractivity contribution in [1.29, 1.82) is 0 Å². The molecule has 34 heavy (non-hydrogen) atoms. The van der Waals surface area contributed by atoms with Gasteiger partial charge in [-0.2, -0.15) is 0 Å². The lowest BCUT2D eigenvalue weighted by Crippen LogP contribution is -2.27. The Morgan fingerprint density at radius 2 is 1.94 bits per heavy atom. The van der Waals surface area contributed by atoms with Gasteiger partial charge >= 0.3 is 0 Å². The lowest BCUT2D eigenvalue weighted by molar-refractivity contribution is -0.118. The molecule has 9 heteroatoms. The molecule has 1 amide bonds. The SMILES string of the molecule is CN(C)CCOCCNC(=O)/C=C/C(=O)Cc1ccc2ncnc(Nc3cccc(Br)c3)c2c1. The smallest absolute Gasteiger partial charge is 0.244 e. The number of rotatable bonds is 12. The molecule has 2 aromatic carbocycles.